The second kappa shape index (κ2) is 2.71. The van der Waals surface area contributed by atoms with Crippen molar-refractivity contribution in [2.75, 3.05) is 5.73 Å². The lowest BCUT2D eigenvalue weighted by Gasteiger charge is -2.13. The van der Waals surface area contributed by atoms with Crippen molar-refractivity contribution in [3.05, 3.63) is 18.1 Å². The fourth-order valence-corrected chi connectivity index (χ4v) is 0.746. The van der Waals surface area contributed by atoms with Crippen molar-refractivity contribution < 1.29 is 17.6 Å². The Morgan fingerprint density at radius 2 is 1.92 bits per heavy atom. The van der Waals surface area contributed by atoms with Gasteiger partial charge in [-0.25, -0.2) is 0 Å². The smallest absolute Gasteiger partial charge is 0.407 e. The molecule has 1 aromatic heterocycles. The molecule has 4 N–H and O–H groups in total. The normalized spacial score (nSPS) is 14.7. The summed E-state index contributed by atoms with van der Waals surface area (Å²) in [5.74, 6) is 0. The summed E-state index contributed by atoms with van der Waals surface area (Å²) in [6.45, 7) is 0. The van der Waals surface area contributed by atoms with Crippen LogP contribution in [0.2, 0.25) is 0 Å². The summed E-state index contributed by atoms with van der Waals surface area (Å²) in [7, 11) is 0. The van der Waals surface area contributed by atoms with Gasteiger partial charge in [-0.05, 0) is 0 Å². The summed E-state index contributed by atoms with van der Waals surface area (Å²) in [5, 5.41) is 0. The predicted molar refractivity (Wildman–Crippen MR) is 36.1 cm³/mol. The van der Waals surface area contributed by atoms with Crippen molar-refractivity contribution in [2.45, 2.75) is 12.2 Å². The molecule has 0 spiro atoms. The third kappa shape index (κ3) is 1.53. The van der Waals surface area contributed by atoms with Gasteiger partial charge in [-0.1, -0.05) is 0 Å². The highest BCUT2D eigenvalue weighted by Crippen LogP contribution is 2.33. The zero-order valence-electron chi connectivity index (χ0n) is 5.93. The minimum atomic E-state index is -4.49. The number of hydrogen-bond acceptors (Lipinski definition) is 3. The lowest BCUT2D eigenvalue weighted by atomic mass is 10.1. The van der Waals surface area contributed by atoms with E-state index in [1.807, 2.05) is 0 Å². The summed E-state index contributed by atoms with van der Waals surface area (Å²) in [6.07, 6.45) is -2.58. The molecule has 0 radical (unpaired) electrons. The largest absolute Gasteiger partial charge is 0.470 e. The Bertz CT molecular complexity index is 268. The van der Waals surface area contributed by atoms with Crippen LogP contribution in [0.3, 0.4) is 0 Å². The van der Waals surface area contributed by atoms with Gasteiger partial charge in [0, 0.05) is 5.56 Å². The first kappa shape index (κ1) is 8.92. The second-order valence-electron chi connectivity index (χ2n) is 2.30. The van der Waals surface area contributed by atoms with Gasteiger partial charge in [0.05, 0.1) is 12.0 Å². The van der Waals surface area contributed by atoms with E-state index in [4.69, 9.17) is 11.5 Å². The molecule has 0 bridgehead atoms. The van der Waals surface area contributed by atoms with E-state index in [0.29, 0.717) is 0 Å². The Balaban J connectivity index is 2.92. The van der Waals surface area contributed by atoms with Crippen LogP contribution in [0.5, 0.6) is 0 Å². The van der Waals surface area contributed by atoms with Crippen LogP contribution in [-0.4, -0.2) is 6.18 Å². The molecule has 0 unspecified atom stereocenters. The molecule has 6 heteroatoms. The Morgan fingerprint density at radius 1 is 1.33 bits per heavy atom. The Morgan fingerprint density at radius 3 is 2.25 bits per heavy atom. The maximum absolute atomic E-state index is 12.0. The number of hydrogen-bond donors (Lipinski definition) is 2. The Kier molecular flexibility index (Phi) is 2.01. The first-order chi connectivity index (χ1) is 5.43. The summed E-state index contributed by atoms with van der Waals surface area (Å²) in [4.78, 5) is 0. The molecule has 68 valence electrons. The maximum Gasteiger partial charge on any atom is 0.407 e. The molecule has 0 aromatic carbocycles. The van der Waals surface area contributed by atoms with Gasteiger partial charge in [0.1, 0.15) is 12.3 Å². The van der Waals surface area contributed by atoms with Crippen LogP contribution >= 0.6 is 0 Å². The first-order valence-electron chi connectivity index (χ1n) is 3.07. The lowest BCUT2D eigenvalue weighted by Crippen LogP contribution is -2.28. The average molecular weight is 180 g/mol. The van der Waals surface area contributed by atoms with Crippen LogP contribution in [0.4, 0.5) is 18.9 Å². The van der Waals surface area contributed by atoms with Crippen LogP contribution in [0, 0.1) is 0 Å². The van der Waals surface area contributed by atoms with E-state index >= 15 is 0 Å². The molecular weight excluding hydrogens is 173 g/mol. The fraction of sp³-hybridized carbons (Fsp3) is 0.333. The number of alkyl halides is 3. The Labute approximate surface area is 66.1 Å². The molecule has 0 saturated heterocycles. The molecule has 0 aliphatic rings. The van der Waals surface area contributed by atoms with Crippen LogP contribution < -0.4 is 11.5 Å². The summed E-state index contributed by atoms with van der Waals surface area (Å²) < 4.78 is 40.4. The van der Waals surface area contributed by atoms with Gasteiger partial charge in [0.15, 0.2) is 0 Å². The molecule has 1 aromatic rings. The first-order valence-corrected chi connectivity index (χ1v) is 3.07. The summed E-state index contributed by atoms with van der Waals surface area (Å²) in [6, 6.07) is -2.07. The van der Waals surface area contributed by atoms with E-state index in [2.05, 4.69) is 4.42 Å². The van der Waals surface area contributed by atoms with Crippen molar-refractivity contribution in [3.8, 4) is 0 Å². The van der Waals surface area contributed by atoms with Crippen molar-refractivity contribution in [3.63, 3.8) is 0 Å². The lowest BCUT2D eigenvalue weighted by molar-refractivity contribution is -0.149. The number of anilines is 1. The van der Waals surface area contributed by atoms with Crippen LogP contribution in [-0.2, 0) is 0 Å². The van der Waals surface area contributed by atoms with Crippen molar-refractivity contribution >= 4 is 5.69 Å². The quantitative estimate of drug-likeness (QED) is 0.686. The molecule has 0 aliphatic carbocycles. The molecule has 0 fully saturated rings. The highest BCUT2D eigenvalue weighted by Gasteiger charge is 2.39. The van der Waals surface area contributed by atoms with Gasteiger partial charge in [0.2, 0.25) is 0 Å². The molecule has 0 aliphatic heterocycles. The summed E-state index contributed by atoms with van der Waals surface area (Å²) >= 11 is 0. The van der Waals surface area contributed by atoms with Gasteiger partial charge >= 0.3 is 6.18 Å². The van der Waals surface area contributed by atoms with Crippen molar-refractivity contribution in [2.24, 2.45) is 5.73 Å². The number of furan rings is 1. The van der Waals surface area contributed by atoms with Gasteiger partial charge < -0.3 is 15.9 Å². The van der Waals surface area contributed by atoms with Crippen LogP contribution in [0.15, 0.2) is 16.9 Å². The summed E-state index contributed by atoms with van der Waals surface area (Å²) in [5.41, 5.74) is 9.70. The second-order valence-corrected chi connectivity index (χ2v) is 2.30. The average Bonchev–Trinajstić information content (AvgIpc) is 2.31. The minimum absolute atomic E-state index is 0.0835. The Hall–Kier alpha value is -1.17. The van der Waals surface area contributed by atoms with E-state index in [1.165, 1.54) is 0 Å². The third-order valence-electron chi connectivity index (χ3n) is 1.41. The number of rotatable bonds is 1. The zero-order valence-corrected chi connectivity index (χ0v) is 5.93. The van der Waals surface area contributed by atoms with E-state index in [-0.39, 0.29) is 11.3 Å². The number of nitrogen functional groups attached to an aromatic ring is 1. The van der Waals surface area contributed by atoms with E-state index in [1.54, 1.807) is 0 Å². The van der Waals surface area contributed by atoms with Crippen LogP contribution in [0.25, 0.3) is 0 Å². The molecule has 0 saturated carbocycles. The molecule has 12 heavy (non-hydrogen) atoms. The monoisotopic (exact) mass is 180 g/mol. The molecule has 0 amide bonds. The zero-order chi connectivity index (χ0) is 9.35. The number of halogens is 3. The highest BCUT2D eigenvalue weighted by molar-refractivity contribution is 5.45. The number of nitrogens with two attached hydrogens (primary N) is 2. The van der Waals surface area contributed by atoms with E-state index in [0.717, 1.165) is 12.5 Å². The topological polar surface area (TPSA) is 65.2 Å². The SMILES string of the molecule is Nc1cocc1[C@@H](N)C(F)(F)F. The molecule has 1 atom stereocenters. The fourth-order valence-electron chi connectivity index (χ4n) is 0.746. The van der Waals surface area contributed by atoms with Crippen molar-refractivity contribution in [1.82, 2.24) is 0 Å². The van der Waals surface area contributed by atoms with Gasteiger partial charge in [-0.15, -0.1) is 0 Å². The highest BCUT2D eigenvalue weighted by atomic mass is 19.4. The van der Waals surface area contributed by atoms with Gasteiger partial charge in [-0.3, -0.25) is 0 Å². The maximum atomic E-state index is 12.0. The molecule has 3 nitrogen and oxygen atoms in total. The van der Waals surface area contributed by atoms with Crippen LogP contribution in [0.1, 0.15) is 11.6 Å². The molecule has 1 rings (SSSR count). The third-order valence-corrected chi connectivity index (χ3v) is 1.41. The molecular formula is C6H7F3N2O. The minimum Gasteiger partial charge on any atom is -0.470 e. The van der Waals surface area contributed by atoms with Crippen molar-refractivity contribution in [1.29, 1.82) is 0 Å². The van der Waals surface area contributed by atoms with Gasteiger partial charge in [0.25, 0.3) is 0 Å². The molecule has 1 heterocycles. The van der Waals surface area contributed by atoms with E-state index in [9.17, 15) is 13.2 Å². The van der Waals surface area contributed by atoms with Gasteiger partial charge in [-0.2, -0.15) is 13.2 Å². The van der Waals surface area contributed by atoms with E-state index < -0.39 is 12.2 Å². The standard InChI is InChI=1S/C6H7F3N2O/c7-6(8,9)5(11)3-1-12-2-4(3)10/h1-2,5H,10-11H2/t5-/m1/s1. The predicted octanol–water partition coefficient (Wildman–Crippen LogP) is 1.42.